The Balaban J connectivity index is 0.00000264. The number of carbonyl (C=O) groups is 1. The standard InChI is InChI=1S/C29H33N7O.H2/c1-34-9-7-18(8-10-34)27-24-11-19(3-6-26(24)32-17-33-27)25-14-31-28-23(25)12-20(13-30-28)29(37)36-21-4-5-22(36)16-35(2)15-21;/h3,6,11-14,17-18,21-22H,4-5,7-10,15-16H2,1-2H3,(H,30,31);1H. The van der Waals surface area contributed by atoms with Crippen molar-refractivity contribution in [3.05, 3.63) is 54.2 Å². The summed E-state index contributed by atoms with van der Waals surface area (Å²) in [5.74, 6) is 0.559. The second kappa shape index (κ2) is 8.89. The van der Waals surface area contributed by atoms with Crippen LogP contribution in [-0.2, 0) is 0 Å². The number of nitrogens with one attached hydrogen (secondary N) is 1. The van der Waals surface area contributed by atoms with Crippen molar-refractivity contribution < 1.29 is 6.22 Å². The average Bonchev–Trinajstić information content (AvgIpc) is 3.46. The predicted molar refractivity (Wildman–Crippen MR) is 147 cm³/mol. The van der Waals surface area contributed by atoms with Crippen LogP contribution in [0.1, 0.15) is 49.1 Å². The van der Waals surface area contributed by atoms with Crippen LogP contribution in [0.15, 0.2) is 43.0 Å². The van der Waals surface area contributed by atoms with Gasteiger partial charge < -0.3 is 19.7 Å². The maximum absolute atomic E-state index is 13.6. The van der Waals surface area contributed by atoms with Crippen molar-refractivity contribution in [2.45, 2.75) is 43.7 Å². The van der Waals surface area contributed by atoms with E-state index in [1.165, 1.54) is 0 Å². The van der Waals surface area contributed by atoms with Crippen LogP contribution in [0.3, 0.4) is 0 Å². The van der Waals surface area contributed by atoms with E-state index >= 15 is 0 Å². The van der Waals surface area contributed by atoms with E-state index in [1.54, 1.807) is 12.5 Å². The Bertz CT molecular complexity index is 1480. The number of aromatic amines is 1. The molecule has 4 aromatic rings. The largest absolute Gasteiger partial charge is 0.346 e. The van der Waals surface area contributed by atoms with E-state index in [0.717, 1.165) is 90.6 Å². The molecule has 3 fully saturated rings. The van der Waals surface area contributed by atoms with E-state index in [1.807, 2.05) is 12.3 Å². The van der Waals surface area contributed by atoms with Crippen LogP contribution in [-0.4, -0.2) is 92.9 Å². The zero-order chi connectivity index (χ0) is 25.1. The number of nitrogens with zero attached hydrogens (tertiary/aromatic N) is 6. The lowest BCUT2D eigenvalue weighted by Gasteiger charge is -2.39. The third kappa shape index (κ3) is 3.90. The lowest BCUT2D eigenvalue weighted by Crippen LogP contribution is -2.54. The zero-order valence-corrected chi connectivity index (χ0v) is 21.5. The number of benzene rings is 1. The summed E-state index contributed by atoms with van der Waals surface area (Å²) in [5, 5.41) is 2.10. The smallest absolute Gasteiger partial charge is 0.256 e. The molecule has 2 unspecified atom stereocenters. The highest BCUT2D eigenvalue weighted by atomic mass is 16.2. The van der Waals surface area contributed by atoms with Gasteiger partial charge in [-0.25, -0.2) is 15.0 Å². The van der Waals surface area contributed by atoms with Gasteiger partial charge in [-0.3, -0.25) is 4.79 Å². The molecule has 3 aromatic heterocycles. The van der Waals surface area contributed by atoms with E-state index in [4.69, 9.17) is 4.98 Å². The first-order valence-electron chi connectivity index (χ1n) is 13.5. The number of likely N-dealkylation sites (N-methyl/N-ethyl adjacent to an activating group) is 1. The number of hydrogen-bond donors (Lipinski definition) is 1. The molecule has 3 aliphatic rings. The third-order valence-electron chi connectivity index (χ3n) is 8.76. The molecule has 37 heavy (non-hydrogen) atoms. The molecule has 3 saturated heterocycles. The van der Waals surface area contributed by atoms with Crippen LogP contribution < -0.4 is 0 Å². The Kier molecular flexibility index (Phi) is 5.48. The number of H-pyrrole nitrogens is 1. The number of rotatable bonds is 3. The molecule has 0 aliphatic carbocycles. The summed E-state index contributed by atoms with van der Waals surface area (Å²) in [6.45, 7) is 4.09. The number of piperidine rings is 1. The van der Waals surface area contributed by atoms with Gasteiger partial charge in [-0.15, -0.1) is 0 Å². The van der Waals surface area contributed by atoms with Crippen LogP contribution in [0, 0.1) is 0 Å². The minimum absolute atomic E-state index is 0. The SMILES string of the molecule is CN1CCC(c2ncnc3ccc(-c4c[nH]c5ncc(C(=O)N6C7CCC6CN(C)C7)cc45)cc23)CC1.[HH]. The quantitative estimate of drug-likeness (QED) is 0.458. The number of likely N-dealkylation sites (tertiary alicyclic amines) is 2. The van der Waals surface area contributed by atoms with Crippen molar-refractivity contribution in [1.29, 1.82) is 0 Å². The van der Waals surface area contributed by atoms with Gasteiger partial charge in [0.05, 0.1) is 16.8 Å². The Hall–Kier alpha value is -3.36. The second-order valence-corrected chi connectivity index (χ2v) is 11.2. The first kappa shape index (κ1) is 22.8. The molecule has 3 aliphatic heterocycles. The Morgan fingerprint density at radius 2 is 1.73 bits per heavy atom. The molecule has 0 saturated carbocycles. The van der Waals surface area contributed by atoms with Crippen LogP contribution in [0.4, 0.5) is 0 Å². The molecule has 0 radical (unpaired) electrons. The van der Waals surface area contributed by atoms with Crippen molar-refractivity contribution in [2.75, 3.05) is 40.3 Å². The fourth-order valence-corrected chi connectivity index (χ4v) is 6.81. The number of pyridine rings is 1. The van der Waals surface area contributed by atoms with Gasteiger partial charge >= 0.3 is 0 Å². The minimum Gasteiger partial charge on any atom is -0.346 e. The molecule has 6 heterocycles. The van der Waals surface area contributed by atoms with Gasteiger partial charge in [-0.2, -0.15) is 0 Å². The zero-order valence-electron chi connectivity index (χ0n) is 21.5. The highest BCUT2D eigenvalue weighted by molar-refractivity contribution is 6.02. The fourth-order valence-electron chi connectivity index (χ4n) is 6.81. The van der Waals surface area contributed by atoms with Crippen molar-refractivity contribution in [1.82, 2.24) is 34.6 Å². The van der Waals surface area contributed by atoms with Gasteiger partial charge in [0.2, 0.25) is 0 Å². The van der Waals surface area contributed by atoms with E-state index < -0.39 is 0 Å². The van der Waals surface area contributed by atoms with Crippen molar-refractivity contribution >= 4 is 27.8 Å². The molecule has 8 heteroatoms. The number of hydrogen-bond acceptors (Lipinski definition) is 6. The Morgan fingerprint density at radius 1 is 0.946 bits per heavy atom. The monoisotopic (exact) mass is 497 g/mol. The fraction of sp³-hybridized carbons (Fsp3) is 0.448. The summed E-state index contributed by atoms with van der Waals surface area (Å²) < 4.78 is 0. The molecule has 7 rings (SSSR count). The molecule has 8 nitrogen and oxygen atoms in total. The van der Waals surface area contributed by atoms with Crippen LogP contribution in [0.25, 0.3) is 33.1 Å². The average molecular weight is 498 g/mol. The number of piperazine rings is 1. The van der Waals surface area contributed by atoms with Gasteiger partial charge in [-0.1, -0.05) is 6.07 Å². The van der Waals surface area contributed by atoms with E-state index in [9.17, 15) is 4.79 Å². The van der Waals surface area contributed by atoms with Crippen LogP contribution >= 0.6 is 0 Å². The summed E-state index contributed by atoms with van der Waals surface area (Å²) in [6, 6.07) is 9.06. The first-order valence-corrected chi connectivity index (χ1v) is 13.5. The Labute approximate surface area is 218 Å². The number of fused-ring (bicyclic) bond motifs is 4. The topological polar surface area (TPSA) is 81.2 Å². The maximum Gasteiger partial charge on any atom is 0.256 e. The Morgan fingerprint density at radius 3 is 2.51 bits per heavy atom. The highest BCUT2D eigenvalue weighted by Gasteiger charge is 2.41. The first-order chi connectivity index (χ1) is 18.0. The summed E-state index contributed by atoms with van der Waals surface area (Å²) in [5.41, 5.74) is 5.75. The summed E-state index contributed by atoms with van der Waals surface area (Å²) in [7, 11) is 4.34. The number of aromatic nitrogens is 4. The van der Waals surface area contributed by atoms with Crippen LogP contribution in [0.5, 0.6) is 0 Å². The molecule has 1 aromatic carbocycles. The van der Waals surface area contributed by atoms with Crippen molar-refractivity contribution in [2.24, 2.45) is 0 Å². The number of carbonyl (C=O) groups excluding carboxylic acids is 1. The lowest BCUT2D eigenvalue weighted by molar-refractivity contribution is 0.0472. The molecular formula is C29H35N7O. The van der Waals surface area contributed by atoms with Gasteiger partial charge in [0.15, 0.2) is 0 Å². The summed E-state index contributed by atoms with van der Waals surface area (Å²) in [4.78, 5) is 37.8. The highest BCUT2D eigenvalue weighted by Crippen LogP contribution is 2.36. The van der Waals surface area contributed by atoms with Gasteiger partial charge in [-0.05, 0) is 76.6 Å². The molecule has 192 valence electrons. The van der Waals surface area contributed by atoms with Gasteiger partial charge in [0.25, 0.3) is 5.91 Å². The number of amides is 1. The molecule has 2 bridgehead atoms. The third-order valence-corrected chi connectivity index (χ3v) is 8.76. The van der Waals surface area contributed by atoms with E-state index in [2.05, 4.69) is 61.9 Å². The second-order valence-electron chi connectivity index (χ2n) is 11.2. The summed E-state index contributed by atoms with van der Waals surface area (Å²) >= 11 is 0. The van der Waals surface area contributed by atoms with Gasteiger partial charge in [0, 0.05) is 61.2 Å². The predicted octanol–water partition coefficient (Wildman–Crippen LogP) is 4.15. The molecule has 1 amide bonds. The molecule has 2 atom stereocenters. The summed E-state index contributed by atoms with van der Waals surface area (Å²) in [6.07, 6.45) is 9.85. The van der Waals surface area contributed by atoms with Crippen LogP contribution in [0.2, 0.25) is 0 Å². The van der Waals surface area contributed by atoms with Gasteiger partial charge in [0.1, 0.15) is 12.0 Å². The maximum atomic E-state index is 13.6. The van der Waals surface area contributed by atoms with E-state index in [0.29, 0.717) is 23.6 Å². The van der Waals surface area contributed by atoms with Crippen molar-refractivity contribution in [3.8, 4) is 11.1 Å². The molecule has 1 N–H and O–H groups in total. The minimum atomic E-state index is 0. The lowest BCUT2D eigenvalue weighted by atomic mass is 9.90. The molecular weight excluding hydrogens is 462 g/mol. The normalized spacial score (nSPS) is 23.4. The molecule has 0 spiro atoms. The van der Waals surface area contributed by atoms with Crippen molar-refractivity contribution in [3.63, 3.8) is 0 Å². The van der Waals surface area contributed by atoms with E-state index in [-0.39, 0.29) is 7.33 Å².